The standard InChI is InChI=1S/C4H9FS/c1-2-4(5)3-6/h4,6H,2-3H2,1H3. The van der Waals surface area contributed by atoms with E-state index in [4.69, 9.17) is 0 Å². The first kappa shape index (κ1) is 6.28. The fraction of sp³-hybridized carbons (Fsp3) is 1.00. The molecule has 0 radical (unpaired) electrons. The highest BCUT2D eigenvalue weighted by molar-refractivity contribution is 7.80. The summed E-state index contributed by atoms with van der Waals surface area (Å²) in [5, 5.41) is 0. The molecule has 0 heterocycles. The molecule has 0 aromatic heterocycles. The lowest BCUT2D eigenvalue weighted by Crippen LogP contribution is -1.96. The predicted octanol–water partition coefficient (Wildman–Crippen LogP) is 1.66. The smallest absolute Gasteiger partial charge is 0.109 e. The lowest BCUT2D eigenvalue weighted by molar-refractivity contribution is 0.359. The molecule has 0 amide bonds. The second-order valence-corrected chi connectivity index (χ2v) is 1.55. The molecular formula is C4H9FS. The Morgan fingerprint density at radius 3 is 2.33 bits per heavy atom. The molecule has 1 unspecified atom stereocenters. The summed E-state index contributed by atoms with van der Waals surface area (Å²) in [6, 6.07) is 0. The fourth-order valence-electron chi connectivity index (χ4n) is 0.129. The number of halogens is 1. The van der Waals surface area contributed by atoms with E-state index in [1.165, 1.54) is 0 Å². The van der Waals surface area contributed by atoms with Gasteiger partial charge in [0.05, 0.1) is 0 Å². The minimum absolute atomic E-state index is 0.358. The van der Waals surface area contributed by atoms with Gasteiger partial charge in [0.15, 0.2) is 0 Å². The molecule has 0 rings (SSSR count). The van der Waals surface area contributed by atoms with Crippen molar-refractivity contribution in [1.82, 2.24) is 0 Å². The first-order valence-corrected chi connectivity index (χ1v) is 2.69. The molecule has 0 bridgehead atoms. The van der Waals surface area contributed by atoms with E-state index >= 15 is 0 Å². The van der Waals surface area contributed by atoms with Crippen molar-refractivity contribution in [3.8, 4) is 0 Å². The first-order chi connectivity index (χ1) is 2.81. The van der Waals surface area contributed by atoms with Crippen LogP contribution in [-0.2, 0) is 0 Å². The second kappa shape index (κ2) is 3.47. The summed E-state index contributed by atoms with van der Waals surface area (Å²) in [5.41, 5.74) is 0. The van der Waals surface area contributed by atoms with Crippen LogP contribution in [0.4, 0.5) is 4.39 Å². The van der Waals surface area contributed by atoms with Crippen LogP contribution in [0.3, 0.4) is 0 Å². The third-order valence-corrected chi connectivity index (χ3v) is 1.04. The van der Waals surface area contributed by atoms with Crippen LogP contribution < -0.4 is 0 Å². The van der Waals surface area contributed by atoms with E-state index in [2.05, 4.69) is 12.6 Å². The van der Waals surface area contributed by atoms with Crippen LogP contribution in [0.15, 0.2) is 0 Å². The van der Waals surface area contributed by atoms with Gasteiger partial charge in [-0.3, -0.25) is 0 Å². The number of hydrogen-bond donors (Lipinski definition) is 1. The summed E-state index contributed by atoms with van der Waals surface area (Å²) in [6.07, 6.45) is -0.114. The lowest BCUT2D eigenvalue weighted by Gasteiger charge is -1.93. The maximum Gasteiger partial charge on any atom is 0.109 e. The van der Waals surface area contributed by atoms with E-state index in [0.717, 1.165) is 0 Å². The third-order valence-electron chi connectivity index (χ3n) is 0.641. The molecule has 2 heteroatoms. The maximum absolute atomic E-state index is 11.8. The Labute approximate surface area is 43.2 Å². The van der Waals surface area contributed by atoms with Gasteiger partial charge < -0.3 is 0 Å². The zero-order valence-electron chi connectivity index (χ0n) is 3.82. The van der Waals surface area contributed by atoms with Gasteiger partial charge in [-0.05, 0) is 6.42 Å². The minimum atomic E-state index is -0.701. The first-order valence-electron chi connectivity index (χ1n) is 2.06. The second-order valence-electron chi connectivity index (χ2n) is 1.19. The molecular weight excluding hydrogens is 99.1 g/mol. The van der Waals surface area contributed by atoms with Crippen LogP contribution in [0.1, 0.15) is 13.3 Å². The van der Waals surface area contributed by atoms with E-state index in [0.29, 0.717) is 12.2 Å². The summed E-state index contributed by atoms with van der Waals surface area (Å²) >= 11 is 3.72. The largest absolute Gasteiger partial charge is 0.247 e. The molecule has 0 aromatic carbocycles. The fourth-order valence-corrected chi connectivity index (χ4v) is 0.387. The molecule has 0 saturated carbocycles. The Kier molecular flexibility index (Phi) is 3.63. The summed E-state index contributed by atoms with van der Waals surface area (Å²) in [4.78, 5) is 0. The van der Waals surface area contributed by atoms with Crippen molar-refractivity contribution >= 4 is 12.6 Å². The highest BCUT2D eigenvalue weighted by Crippen LogP contribution is 1.96. The number of rotatable bonds is 2. The number of alkyl halides is 1. The summed E-state index contributed by atoms with van der Waals surface area (Å²) in [6.45, 7) is 1.81. The number of hydrogen-bond acceptors (Lipinski definition) is 1. The van der Waals surface area contributed by atoms with Crippen molar-refractivity contribution in [2.75, 3.05) is 5.75 Å². The monoisotopic (exact) mass is 108 g/mol. The highest BCUT2D eigenvalue weighted by atomic mass is 32.1. The highest BCUT2D eigenvalue weighted by Gasteiger charge is 1.94. The summed E-state index contributed by atoms with van der Waals surface area (Å²) in [5.74, 6) is 0.358. The molecule has 1 atom stereocenters. The van der Waals surface area contributed by atoms with Crippen molar-refractivity contribution in [2.45, 2.75) is 19.5 Å². The van der Waals surface area contributed by atoms with Crippen molar-refractivity contribution in [2.24, 2.45) is 0 Å². The summed E-state index contributed by atoms with van der Waals surface area (Å²) in [7, 11) is 0. The molecule has 0 fully saturated rings. The van der Waals surface area contributed by atoms with E-state index in [-0.39, 0.29) is 0 Å². The van der Waals surface area contributed by atoms with Gasteiger partial charge in [-0.25, -0.2) is 4.39 Å². The SMILES string of the molecule is CCC(F)CS. The van der Waals surface area contributed by atoms with Gasteiger partial charge in [0.2, 0.25) is 0 Å². The van der Waals surface area contributed by atoms with Gasteiger partial charge in [0.1, 0.15) is 6.17 Å². The topological polar surface area (TPSA) is 0 Å². The van der Waals surface area contributed by atoms with Gasteiger partial charge in [-0.1, -0.05) is 6.92 Å². The molecule has 0 aliphatic heterocycles. The Balaban J connectivity index is 2.75. The van der Waals surface area contributed by atoms with Gasteiger partial charge in [0.25, 0.3) is 0 Å². The normalized spacial score (nSPS) is 14.5. The summed E-state index contributed by atoms with van der Waals surface area (Å²) < 4.78 is 11.8. The molecule has 0 N–H and O–H groups in total. The lowest BCUT2D eigenvalue weighted by atomic mass is 10.3. The van der Waals surface area contributed by atoms with E-state index in [1.54, 1.807) is 6.92 Å². The van der Waals surface area contributed by atoms with Crippen LogP contribution in [0.5, 0.6) is 0 Å². The average Bonchev–Trinajstić information content (AvgIpc) is 1.65. The number of thiol groups is 1. The molecule has 0 aliphatic rings. The minimum Gasteiger partial charge on any atom is -0.247 e. The van der Waals surface area contributed by atoms with Crippen LogP contribution in [-0.4, -0.2) is 11.9 Å². The molecule has 0 nitrogen and oxygen atoms in total. The Bertz CT molecular complexity index is 26.7. The molecule has 0 saturated heterocycles. The molecule has 0 spiro atoms. The van der Waals surface area contributed by atoms with Crippen LogP contribution >= 0.6 is 12.6 Å². The van der Waals surface area contributed by atoms with E-state index in [1.807, 2.05) is 0 Å². The molecule has 38 valence electrons. The molecule has 0 aromatic rings. The Hall–Kier alpha value is 0.280. The van der Waals surface area contributed by atoms with Crippen molar-refractivity contribution < 1.29 is 4.39 Å². The quantitative estimate of drug-likeness (QED) is 0.511. The average molecular weight is 108 g/mol. The Morgan fingerprint density at radius 2 is 2.33 bits per heavy atom. The maximum atomic E-state index is 11.8. The van der Waals surface area contributed by atoms with Crippen LogP contribution in [0, 0.1) is 0 Å². The van der Waals surface area contributed by atoms with Crippen LogP contribution in [0.2, 0.25) is 0 Å². The Morgan fingerprint density at radius 1 is 1.83 bits per heavy atom. The van der Waals surface area contributed by atoms with Gasteiger partial charge in [-0.15, -0.1) is 0 Å². The van der Waals surface area contributed by atoms with E-state index in [9.17, 15) is 4.39 Å². The van der Waals surface area contributed by atoms with E-state index < -0.39 is 6.17 Å². The van der Waals surface area contributed by atoms with Crippen molar-refractivity contribution in [1.29, 1.82) is 0 Å². The van der Waals surface area contributed by atoms with Gasteiger partial charge >= 0.3 is 0 Å². The van der Waals surface area contributed by atoms with Gasteiger partial charge in [-0.2, -0.15) is 12.6 Å². The van der Waals surface area contributed by atoms with Crippen molar-refractivity contribution in [3.63, 3.8) is 0 Å². The molecule has 0 aliphatic carbocycles. The predicted molar refractivity (Wildman–Crippen MR) is 29.0 cm³/mol. The zero-order chi connectivity index (χ0) is 4.99. The third kappa shape index (κ3) is 2.51. The zero-order valence-corrected chi connectivity index (χ0v) is 4.71. The van der Waals surface area contributed by atoms with Crippen molar-refractivity contribution in [3.05, 3.63) is 0 Å². The van der Waals surface area contributed by atoms with Crippen LogP contribution in [0.25, 0.3) is 0 Å². The molecule has 6 heavy (non-hydrogen) atoms. The van der Waals surface area contributed by atoms with Gasteiger partial charge in [0, 0.05) is 5.75 Å².